The van der Waals surface area contributed by atoms with Crippen LogP contribution in [0.5, 0.6) is 0 Å². The summed E-state index contributed by atoms with van der Waals surface area (Å²) in [5.41, 5.74) is 7.48. The summed E-state index contributed by atoms with van der Waals surface area (Å²) in [4.78, 5) is 4.50. The summed E-state index contributed by atoms with van der Waals surface area (Å²) in [5, 5.41) is 3.35. The third-order valence-electron chi connectivity index (χ3n) is 2.89. The van der Waals surface area contributed by atoms with Crippen molar-refractivity contribution in [1.82, 2.24) is 4.98 Å². The molecule has 3 N–H and O–H groups in total. The normalized spacial score (nSPS) is 14.8. The van der Waals surface area contributed by atoms with Gasteiger partial charge in [-0.1, -0.05) is 25.1 Å². The zero-order chi connectivity index (χ0) is 11.4. The second-order valence-electron chi connectivity index (χ2n) is 4.30. The first kappa shape index (κ1) is 11.3. The minimum absolute atomic E-state index is 0.423. The second-order valence-corrected chi connectivity index (χ2v) is 4.74. The Labute approximate surface area is 101 Å². The molecule has 0 bridgehead atoms. The van der Waals surface area contributed by atoms with Crippen molar-refractivity contribution in [2.24, 2.45) is 11.7 Å². The molecule has 1 aliphatic rings. The molecule has 0 unspecified atom stereocenters. The summed E-state index contributed by atoms with van der Waals surface area (Å²) < 4.78 is 0. The number of anilines is 1. The van der Waals surface area contributed by atoms with Gasteiger partial charge in [0, 0.05) is 18.3 Å². The van der Waals surface area contributed by atoms with Crippen LogP contribution in [0.1, 0.15) is 31.2 Å². The van der Waals surface area contributed by atoms with E-state index in [1.165, 1.54) is 25.7 Å². The molecule has 1 fully saturated rings. The molecule has 0 radical (unpaired) electrons. The molecular formula is C12H17N3S. The Hall–Kier alpha value is -1.16. The summed E-state index contributed by atoms with van der Waals surface area (Å²) in [6.07, 6.45) is 8.87. The highest BCUT2D eigenvalue weighted by Crippen LogP contribution is 2.33. The lowest BCUT2D eigenvalue weighted by Crippen LogP contribution is -2.14. The molecule has 16 heavy (non-hydrogen) atoms. The van der Waals surface area contributed by atoms with Crippen LogP contribution in [-0.2, 0) is 0 Å². The lowest BCUT2D eigenvalue weighted by Gasteiger charge is -2.09. The number of hydrogen-bond donors (Lipinski definition) is 2. The molecule has 86 valence electrons. The Morgan fingerprint density at radius 1 is 1.56 bits per heavy atom. The molecule has 3 nitrogen and oxygen atoms in total. The minimum atomic E-state index is 0.423. The number of nitrogens with one attached hydrogen (secondary N) is 1. The Morgan fingerprint density at radius 2 is 2.38 bits per heavy atom. The van der Waals surface area contributed by atoms with Crippen LogP contribution >= 0.6 is 12.2 Å². The van der Waals surface area contributed by atoms with Gasteiger partial charge in [-0.3, -0.25) is 4.98 Å². The maximum atomic E-state index is 5.64. The zero-order valence-electron chi connectivity index (χ0n) is 9.28. The lowest BCUT2D eigenvalue weighted by atomic mass is 10.2. The van der Waals surface area contributed by atoms with Crippen molar-refractivity contribution >= 4 is 22.9 Å². The molecule has 1 aromatic rings. The highest BCUT2D eigenvalue weighted by Gasteiger charge is 2.19. The first-order valence-corrected chi connectivity index (χ1v) is 6.16. The van der Waals surface area contributed by atoms with Crippen LogP contribution in [0.3, 0.4) is 0 Å². The van der Waals surface area contributed by atoms with Crippen LogP contribution in [0.15, 0.2) is 18.5 Å². The third kappa shape index (κ3) is 3.17. The van der Waals surface area contributed by atoms with E-state index in [0.29, 0.717) is 4.99 Å². The number of thiocarbonyl (C=S) groups is 1. The van der Waals surface area contributed by atoms with Gasteiger partial charge in [-0.25, -0.2) is 0 Å². The van der Waals surface area contributed by atoms with E-state index in [9.17, 15) is 0 Å². The number of nitrogens with two attached hydrogens (primary N) is 1. The molecule has 0 spiro atoms. The average molecular weight is 235 g/mol. The molecule has 0 saturated heterocycles. The van der Waals surface area contributed by atoms with Crippen molar-refractivity contribution in [2.75, 3.05) is 11.9 Å². The van der Waals surface area contributed by atoms with Gasteiger partial charge in [-0.15, -0.1) is 0 Å². The van der Waals surface area contributed by atoms with Gasteiger partial charge in [0.1, 0.15) is 4.99 Å². The molecule has 0 aromatic carbocycles. The fourth-order valence-corrected chi connectivity index (χ4v) is 1.95. The van der Waals surface area contributed by atoms with E-state index < -0.39 is 0 Å². The van der Waals surface area contributed by atoms with Crippen molar-refractivity contribution < 1.29 is 0 Å². The monoisotopic (exact) mass is 235 g/mol. The van der Waals surface area contributed by atoms with Crippen LogP contribution in [0, 0.1) is 5.92 Å². The van der Waals surface area contributed by atoms with E-state index in [2.05, 4.69) is 10.3 Å². The molecule has 4 heteroatoms. The first-order valence-electron chi connectivity index (χ1n) is 5.75. The maximum Gasteiger partial charge on any atom is 0.106 e. The minimum Gasteiger partial charge on any atom is -0.389 e. The van der Waals surface area contributed by atoms with E-state index in [-0.39, 0.29) is 0 Å². The Morgan fingerprint density at radius 3 is 3.06 bits per heavy atom. The molecule has 0 amide bonds. The van der Waals surface area contributed by atoms with Gasteiger partial charge < -0.3 is 11.1 Å². The highest BCUT2D eigenvalue weighted by molar-refractivity contribution is 7.80. The molecule has 1 heterocycles. The standard InChI is InChI=1S/C12H17N3S/c13-12(16)10-5-7-14-8-11(10)15-6-1-2-9-3-4-9/h5,7-9,15H,1-4,6H2,(H2,13,16). The summed E-state index contributed by atoms with van der Waals surface area (Å²) in [6.45, 7) is 0.970. The topological polar surface area (TPSA) is 50.9 Å². The number of rotatable bonds is 6. The number of aromatic nitrogens is 1. The second kappa shape index (κ2) is 5.25. The van der Waals surface area contributed by atoms with Crippen LogP contribution < -0.4 is 11.1 Å². The van der Waals surface area contributed by atoms with Gasteiger partial charge in [-0.05, 0) is 24.8 Å². The lowest BCUT2D eigenvalue weighted by molar-refractivity contribution is 0.687. The Kier molecular flexibility index (Phi) is 3.72. The van der Waals surface area contributed by atoms with Gasteiger partial charge in [0.2, 0.25) is 0 Å². The summed E-state index contributed by atoms with van der Waals surface area (Å²) >= 11 is 4.99. The smallest absolute Gasteiger partial charge is 0.106 e. The van der Waals surface area contributed by atoms with E-state index in [4.69, 9.17) is 18.0 Å². The third-order valence-corrected chi connectivity index (χ3v) is 3.11. The Balaban J connectivity index is 1.84. The van der Waals surface area contributed by atoms with E-state index in [1.54, 1.807) is 12.4 Å². The summed E-state index contributed by atoms with van der Waals surface area (Å²) in [6, 6.07) is 1.85. The highest BCUT2D eigenvalue weighted by atomic mass is 32.1. The fraction of sp³-hybridized carbons (Fsp3) is 0.500. The maximum absolute atomic E-state index is 5.64. The van der Waals surface area contributed by atoms with Gasteiger partial charge in [0.25, 0.3) is 0 Å². The van der Waals surface area contributed by atoms with Crippen molar-refractivity contribution in [3.05, 3.63) is 24.0 Å². The average Bonchev–Trinajstić information content (AvgIpc) is 3.08. The molecule has 1 aliphatic carbocycles. The predicted octanol–water partition coefficient (Wildman–Crippen LogP) is 2.32. The SMILES string of the molecule is NC(=S)c1ccncc1NCCCC1CC1. The van der Waals surface area contributed by atoms with Crippen LogP contribution in [0.25, 0.3) is 0 Å². The van der Waals surface area contributed by atoms with Crippen molar-refractivity contribution in [3.8, 4) is 0 Å². The Bertz CT molecular complexity index is 374. The van der Waals surface area contributed by atoms with Crippen LogP contribution in [0.2, 0.25) is 0 Å². The van der Waals surface area contributed by atoms with Gasteiger partial charge in [-0.2, -0.15) is 0 Å². The quantitative estimate of drug-likeness (QED) is 0.587. The number of nitrogens with zero attached hydrogens (tertiary/aromatic N) is 1. The number of hydrogen-bond acceptors (Lipinski definition) is 3. The van der Waals surface area contributed by atoms with Gasteiger partial charge in [0.15, 0.2) is 0 Å². The summed E-state index contributed by atoms with van der Waals surface area (Å²) in [5.74, 6) is 0.991. The predicted molar refractivity (Wildman–Crippen MR) is 70.6 cm³/mol. The van der Waals surface area contributed by atoms with Crippen molar-refractivity contribution in [1.29, 1.82) is 0 Å². The molecule has 2 rings (SSSR count). The fourth-order valence-electron chi connectivity index (χ4n) is 1.77. The van der Waals surface area contributed by atoms with Crippen LogP contribution in [0.4, 0.5) is 5.69 Å². The van der Waals surface area contributed by atoms with E-state index in [1.807, 2.05) is 6.07 Å². The van der Waals surface area contributed by atoms with Crippen LogP contribution in [-0.4, -0.2) is 16.5 Å². The van der Waals surface area contributed by atoms with E-state index in [0.717, 1.165) is 23.7 Å². The molecular weight excluding hydrogens is 218 g/mol. The molecule has 0 aliphatic heterocycles. The van der Waals surface area contributed by atoms with E-state index >= 15 is 0 Å². The zero-order valence-corrected chi connectivity index (χ0v) is 10.1. The van der Waals surface area contributed by atoms with Gasteiger partial charge in [0.05, 0.1) is 11.9 Å². The van der Waals surface area contributed by atoms with Crippen molar-refractivity contribution in [3.63, 3.8) is 0 Å². The van der Waals surface area contributed by atoms with Gasteiger partial charge >= 0.3 is 0 Å². The number of pyridine rings is 1. The molecule has 0 atom stereocenters. The first-order chi connectivity index (χ1) is 7.77. The molecule has 1 aromatic heterocycles. The molecule has 1 saturated carbocycles. The largest absolute Gasteiger partial charge is 0.389 e. The van der Waals surface area contributed by atoms with Crippen molar-refractivity contribution in [2.45, 2.75) is 25.7 Å². The summed E-state index contributed by atoms with van der Waals surface area (Å²) in [7, 11) is 0.